The van der Waals surface area contributed by atoms with Crippen LogP contribution in [0.4, 0.5) is 10.1 Å². The zero-order valence-electron chi connectivity index (χ0n) is 23.6. The summed E-state index contributed by atoms with van der Waals surface area (Å²) in [4.78, 5) is 18.5. The summed E-state index contributed by atoms with van der Waals surface area (Å²) in [5.41, 5.74) is 3.43. The molecule has 218 valence electrons. The molecule has 3 aromatic rings. The van der Waals surface area contributed by atoms with E-state index in [0.29, 0.717) is 25.9 Å². The Hall–Kier alpha value is -3.23. The fourth-order valence-electron chi connectivity index (χ4n) is 6.05. The van der Waals surface area contributed by atoms with Crippen LogP contribution in [0.3, 0.4) is 0 Å². The molecule has 0 aliphatic carbocycles. The molecule has 1 saturated heterocycles. The molecule has 3 aromatic carbocycles. The maximum absolute atomic E-state index is 14.2. The van der Waals surface area contributed by atoms with Gasteiger partial charge >= 0.3 is 0 Å². The van der Waals surface area contributed by atoms with E-state index in [4.69, 9.17) is 0 Å². The molecule has 0 radical (unpaired) electrons. The van der Waals surface area contributed by atoms with Crippen molar-refractivity contribution in [3.8, 4) is 0 Å². The van der Waals surface area contributed by atoms with E-state index < -0.39 is 21.9 Å². The summed E-state index contributed by atoms with van der Waals surface area (Å²) in [6.45, 7) is 3.03. The molecule has 0 spiro atoms. The number of hydrogen-bond acceptors (Lipinski definition) is 4. The van der Waals surface area contributed by atoms with E-state index in [2.05, 4.69) is 47.4 Å². The second-order valence-corrected chi connectivity index (χ2v) is 13.0. The van der Waals surface area contributed by atoms with E-state index in [0.717, 1.165) is 62.2 Å². The Morgan fingerprint density at radius 1 is 0.756 bits per heavy atom. The van der Waals surface area contributed by atoms with Gasteiger partial charge in [-0.2, -0.15) is 4.31 Å². The molecule has 8 heteroatoms. The van der Waals surface area contributed by atoms with Gasteiger partial charge < -0.3 is 9.80 Å². The van der Waals surface area contributed by atoms with Crippen molar-refractivity contribution in [1.29, 1.82) is 0 Å². The van der Waals surface area contributed by atoms with E-state index in [1.165, 1.54) is 34.8 Å². The number of sulfonamides is 1. The van der Waals surface area contributed by atoms with Crippen LogP contribution in [0.1, 0.15) is 62.5 Å². The maximum Gasteiger partial charge on any atom is 0.243 e. The van der Waals surface area contributed by atoms with Crippen LogP contribution < -0.4 is 4.90 Å². The molecule has 2 heterocycles. The number of hydrogen-bond donors (Lipinski definition) is 0. The number of nitrogens with zero attached hydrogens (tertiary/aromatic N) is 3. The van der Waals surface area contributed by atoms with Gasteiger partial charge in [-0.1, -0.05) is 74.2 Å². The molecular formula is C33H40FN3O3S. The van der Waals surface area contributed by atoms with Crippen molar-refractivity contribution in [2.75, 3.05) is 24.5 Å². The number of carbonyl (C=O) groups excluding carboxylic acids is 1. The zero-order chi connectivity index (χ0) is 28.7. The number of fused-ring (bicyclic) bond motifs is 1. The van der Waals surface area contributed by atoms with Crippen LogP contribution >= 0.6 is 0 Å². The van der Waals surface area contributed by atoms with E-state index in [9.17, 15) is 17.6 Å². The molecule has 5 rings (SSSR count). The minimum Gasteiger partial charge on any atom is -0.367 e. The van der Waals surface area contributed by atoms with Gasteiger partial charge in [-0.3, -0.25) is 4.79 Å². The quantitative estimate of drug-likeness (QED) is 0.354. The van der Waals surface area contributed by atoms with Gasteiger partial charge in [0, 0.05) is 38.4 Å². The summed E-state index contributed by atoms with van der Waals surface area (Å²) in [7, 11) is -3.93. The van der Waals surface area contributed by atoms with Gasteiger partial charge in [-0.25, -0.2) is 12.8 Å². The van der Waals surface area contributed by atoms with Crippen molar-refractivity contribution in [3.05, 3.63) is 95.8 Å². The Kier molecular flexibility index (Phi) is 9.72. The molecule has 2 aliphatic rings. The largest absolute Gasteiger partial charge is 0.367 e. The lowest BCUT2D eigenvalue weighted by Gasteiger charge is -2.32. The van der Waals surface area contributed by atoms with E-state index >= 15 is 0 Å². The van der Waals surface area contributed by atoms with Crippen molar-refractivity contribution >= 4 is 21.6 Å². The number of carbonyl (C=O) groups is 1. The maximum atomic E-state index is 14.2. The predicted octanol–water partition coefficient (Wildman–Crippen LogP) is 6.37. The number of benzene rings is 3. The van der Waals surface area contributed by atoms with Crippen LogP contribution in [-0.4, -0.2) is 49.2 Å². The van der Waals surface area contributed by atoms with Crippen molar-refractivity contribution < 1.29 is 17.6 Å². The highest BCUT2D eigenvalue weighted by atomic mass is 32.2. The Bertz CT molecular complexity index is 1400. The van der Waals surface area contributed by atoms with Crippen LogP contribution in [0.15, 0.2) is 83.8 Å². The lowest BCUT2D eigenvalue weighted by molar-refractivity contribution is -0.135. The highest BCUT2D eigenvalue weighted by Gasteiger charge is 2.41. The monoisotopic (exact) mass is 577 g/mol. The van der Waals surface area contributed by atoms with E-state index in [1.54, 1.807) is 0 Å². The first-order chi connectivity index (χ1) is 19.9. The van der Waals surface area contributed by atoms with Crippen molar-refractivity contribution in [3.63, 3.8) is 0 Å². The van der Waals surface area contributed by atoms with E-state index in [-0.39, 0.29) is 17.3 Å². The normalized spacial score (nSPS) is 19.6. The Morgan fingerprint density at radius 3 is 2.17 bits per heavy atom. The average Bonchev–Trinajstić information content (AvgIpc) is 3.49. The zero-order valence-corrected chi connectivity index (χ0v) is 24.4. The van der Waals surface area contributed by atoms with Crippen molar-refractivity contribution in [2.24, 2.45) is 0 Å². The molecule has 1 unspecified atom stereocenters. The molecule has 0 N–H and O–H groups in total. The molecule has 1 fully saturated rings. The summed E-state index contributed by atoms with van der Waals surface area (Å²) in [5, 5.41) is 0. The number of rotatable bonds is 5. The second-order valence-electron chi connectivity index (χ2n) is 11.1. The predicted molar refractivity (Wildman–Crippen MR) is 160 cm³/mol. The fourth-order valence-corrected chi connectivity index (χ4v) is 7.70. The summed E-state index contributed by atoms with van der Waals surface area (Å²) in [5.74, 6) is -0.638. The minimum absolute atomic E-state index is 0.0189. The highest BCUT2D eigenvalue weighted by molar-refractivity contribution is 7.89. The Morgan fingerprint density at radius 2 is 1.41 bits per heavy atom. The van der Waals surface area contributed by atoms with Gasteiger partial charge in [0.05, 0.1) is 4.90 Å². The van der Waals surface area contributed by atoms with Gasteiger partial charge in [0.1, 0.15) is 11.9 Å². The number of anilines is 1. The van der Waals surface area contributed by atoms with Gasteiger partial charge in [0.15, 0.2) is 0 Å². The molecule has 6 nitrogen and oxygen atoms in total. The summed E-state index contributed by atoms with van der Waals surface area (Å²) >= 11 is 0. The van der Waals surface area contributed by atoms with Crippen LogP contribution in [0.2, 0.25) is 0 Å². The number of amides is 1. The molecule has 1 amide bonds. The van der Waals surface area contributed by atoms with Gasteiger partial charge in [-0.05, 0) is 67.1 Å². The summed E-state index contributed by atoms with van der Waals surface area (Å²) < 4.78 is 41.9. The minimum atomic E-state index is -3.93. The highest BCUT2D eigenvalue weighted by Crippen LogP contribution is 2.30. The molecule has 0 saturated carbocycles. The van der Waals surface area contributed by atoms with Crippen LogP contribution in [0, 0.1) is 5.82 Å². The van der Waals surface area contributed by atoms with E-state index in [1.807, 2.05) is 17.0 Å². The lowest BCUT2D eigenvalue weighted by atomic mass is 10.1. The third kappa shape index (κ3) is 7.16. The van der Waals surface area contributed by atoms with Gasteiger partial charge in [0.2, 0.25) is 15.9 Å². The first-order valence-electron chi connectivity index (χ1n) is 14.9. The summed E-state index contributed by atoms with van der Waals surface area (Å²) in [6, 6.07) is 22.9. The van der Waals surface area contributed by atoms with Gasteiger partial charge in [0.25, 0.3) is 0 Å². The summed E-state index contributed by atoms with van der Waals surface area (Å²) in [6.07, 6.45) is 7.61. The van der Waals surface area contributed by atoms with Crippen LogP contribution in [-0.2, 0) is 27.9 Å². The average molecular weight is 578 g/mol. The third-order valence-electron chi connectivity index (χ3n) is 8.24. The SMILES string of the molecule is O=C(C1CCCN1S(=O)(=O)c1ccc(F)cc1)N1CCCCCCCCN(Cc2ccccc2)c2ccccc2C1. The molecule has 0 aromatic heterocycles. The third-order valence-corrected chi connectivity index (χ3v) is 10.2. The molecular weight excluding hydrogens is 537 g/mol. The topological polar surface area (TPSA) is 60.9 Å². The second kappa shape index (κ2) is 13.6. The van der Waals surface area contributed by atoms with Gasteiger partial charge in [-0.15, -0.1) is 0 Å². The first kappa shape index (κ1) is 29.3. The molecule has 0 bridgehead atoms. The lowest BCUT2D eigenvalue weighted by Crippen LogP contribution is -2.47. The van der Waals surface area contributed by atoms with Crippen molar-refractivity contribution in [1.82, 2.24) is 9.21 Å². The molecule has 41 heavy (non-hydrogen) atoms. The number of para-hydroxylation sites is 1. The number of halogens is 1. The fraction of sp³-hybridized carbons (Fsp3) is 0.424. The smallest absolute Gasteiger partial charge is 0.243 e. The molecule has 1 atom stereocenters. The van der Waals surface area contributed by atoms with Crippen LogP contribution in [0.25, 0.3) is 0 Å². The first-order valence-corrected chi connectivity index (χ1v) is 16.3. The Balaban J connectivity index is 1.43. The standard InChI is InChI=1S/C33H40FN3O3S/c34-29-18-20-30(21-19-29)41(39,40)37-24-12-17-32(37)33(38)36-23-11-4-2-1-3-10-22-35(25-27-13-6-5-7-14-27)31-16-9-8-15-28(31)26-36/h5-9,13-16,18-21,32H,1-4,10-12,17,22-26H2. The van der Waals surface area contributed by atoms with Crippen LogP contribution in [0.5, 0.6) is 0 Å². The Labute approximate surface area is 243 Å². The van der Waals surface area contributed by atoms with Crippen molar-refractivity contribution in [2.45, 2.75) is 75.4 Å². The molecule has 2 aliphatic heterocycles.